The molecule has 3 rings (SSSR count). The molecule has 0 bridgehead atoms. The molecule has 0 fully saturated rings. The minimum atomic E-state index is -3.40. The fraction of sp³-hybridized carbons (Fsp3) is 0.355. The van der Waals surface area contributed by atoms with E-state index in [1.807, 2.05) is 32.9 Å². The molecule has 2 aromatic carbocycles. The molecule has 0 saturated carbocycles. The monoisotopic (exact) mass is 599 g/mol. The maximum atomic E-state index is 14.8. The summed E-state index contributed by atoms with van der Waals surface area (Å²) in [7, 11) is -1.84. The van der Waals surface area contributed by atoms with Gasteiger partial charge in [0.05, 0.1) is 18.9 Å². The quantitative estimate of drug-likeness (QED) is 0.248. The number of esters is 1. The first-order valence-corrected chi connectivity index (χ1v) is 15.2. The number of carbonyl (C=O) groups is 1. The van der Waals surface area contributed by atoms with Crippen LogP contribution in [-0.2, 0) is 31.7 Å². The average molecular weight is 600 g/mol. The van der Waals surface area contributed by atoms with Gasteiger partial charge >= 0.3 is 5.97 Å². The predicted molar refractivity (Wildman–Crippen MR) is 164 cm³/mol. The van der Waals surface area contributed by atoms with Gasteiger partial charge < -0.3 is 15.2 Å². The van der Waals surface area contributed by atoms with E-state index in [2.05, 4.69) is 4.72 Å². The molecule has 1 aromatic heterocycles. The Bertz CT molecular complexity index is 1640. The molecule has 0 radical (unpaired) electrons. The van der Waals surface area contributed by atoms with Crippen molar-refractivity contribution in [3.63, 3.8) is 0 Å². The van der Waals surface area contributed by atoms with Crippen LogP contribution in [0.25, 0.3) is 23.3 Å². The molecule has 3 N–H and O–H groups in total. The van der Waals surface area contributed by atoms with E-state index in [4.69, 9.17) is 15.2 Å². The summed E-state index contributed by atoms with van der Waals surface area (Å²) in [6.07, 6.45) is 5.69. The highest BCUT2D eigenvalue weighted by Gasteiger charge is 2.24. The first-order valence-electron chi connectivity index (χ1n) is 13.3. The number of nitrogens with one attached hydrogen (secondary N) is 1. The Labute approximate surface area is 246 Å². The van der Waals surface area contributed by atoms with Gasteiger partial charge in [0.2, 0.25) is 10.0 Å². The molecule has 1 atom stereocenters. The number of hydrogen-bond donors (Lipinski definition) is 2. The van der Waals surface area contributed by atoms with Crippen LogP contribution in [0, 0.1) is 11.7 Å². The fourth-order valence-electron chi connectivity index (χ4n) is 4.18. The largest absolute Gasteiger partial charge is 0.496 e. The van der Waals surface area contributed by atoms with Gasteiger partial charge in [0, 0.05) is 23.0 Å². The van der Waals surface area contributed by atoms with Crippen LogP contribution in [0.1, 0.15) is 51.3 Å². The third-order valence-corrected chi connectivity index (χ3v) is 7.11. The van der Waals surface area contributed by atoms with Gasteiger partial charge in [-0.05, 0) is 52.8 Å². The number of rotatable bonds is 10. The number of nitrogens with zero attached hydrogens (tertiary/aromatic N) is 1. The van der Waals surface area contributed by atoms with Crippen molar-refractivity contribution in [3.05, 3.63) is 81.5 Å². The number of carbonyl (C=O) groups excluding carboxylic acids is 1. The molecule has 0 spiro atoms. The van der Waals surface area contributed by atoms with E-state index in [0.717, 1.165) is 34.2 Å². The maximum absolute atomic E-state index is 14.8. The number of anilines is 1. The SMILES string of the molecule is COc1c(/C=C/c2ccc(NS(C)(=O)=O)cc2)cc(-c2cc(F)cn(COC(=O)[C@@H](N)C(C)C)c2=O)cc1C(C)(C)C. The van der Waals surface area contributed by atoms with E-state index < -0.39 is 45.6 Å². The molecular formula is C31H38FN3O6S. The van der Waals surface area contributed by atoms with Crippen molar-refractivity contribution in [1.29, 1.82) is 0 Å². The summed E-state index contributed by atoms with van der Waals surface area (Å²) in [4.78, 5) is 25.7. The summed E-state index contributed by atoms with van der Waals surface area (Å²) in [5, 5.41) is 0. The fourth-order valence-corrected chi connectivity index (χ4v) is 4.75. The van der Waals surface area contributed by atoms with Gasteiger partial charge in [0.15, 0.2) is 6.73 Å². The minimum absolute atomic E-state index is 0.0817. The number of methoxy groups -OCH3 is 1. The molecule has 0 aliphatic heterocycles. The molecule has 0 aliphatic carbocycles. The topological polar surface area (TPSA) is 130 Å². The normalized spacial score (nSPS) is 12.9. The zero-order valence-corrected chi connectivity index (χ0v) is 25.7. The molecule has 3 aromatic rings. The lowest BCUT2D eigenvalue weighted by Gasteiger charge is -2.25. The van der Waals surface area contributed by atoms with E-state index in [-0.39, 0.29) is 11.5 Å². The van der Waals surface area contributed by atoms with Crippen molar-refractivity contribution in [1.82, 2.24) is 4.57 Å². The second-order valence-electron chi connectivity index (χ2n) is 11.4. The van der Waals surface area contributed by atoms with Gasteiger partial charge in [-0.2, -0.15) is 0 Å². The van der Waals surface area contributed by atoms with Crippen molar-refractivity contribution < 1.29 is 27.1 Å². The Morgan fingerprint density at radius 3 is 2.31 bits per heavy atom. The third-order valence-electron chi connectivity index (χ3n) is 6.50. The third kappa shape index (κ3) is 8.29. The van der Waals surface area contributed by atoms with Crippen molar-refractivity contribution in [2.45, 2.75) is 52.8 Å². The highest BCUT2D eigenvalue weighted by Crippen LogP contribution is 2.38. The van der Waals surface area contributed by atoms with Crippen molar-refractivity contribution in [3.8, 4) is 16.9 Å². The average Bonchev–Trinajstić information content (AvgIpc) is 2.90. The van der Waals surface area contributed by atoms with E-state index in [1.165, 1.54) is 0 Å². The number of pyridine rings is 1. The van der Waals surface area contributed by atoms with Crippen LogP contribution < -0.4 is 20.8 Å². The number of halogens is 1. The van der Waals surface area contributed by atoms with Crippen LogP contribution in [0.4, 0.5) is 10.1 Å². The molecule has 0 saturated heterocycles. The smallest absolute Gasteiger partial charge is 0.324 e. The van der Waals surface area contributed by atoms with Crippen LogP contribution in [0.5, 0.6) is 5.75 Å². The summed E-state index contributed by atoms with van der Waals surface area (Å²) in [5.41, 5.74) is 8.07. The summed E-state index contributed by atoms with van der Waals surface area (Å²) in [6.45, 7) is 9.05. The Kier molecular flexibility index (Phi) is 10.0. The molecule has 9 nitrogen and oxygen atoms in total. The molecule has 1 heterocycles. The number of nitrogens with two attached hydrogens (primary N) is 1. The summed E-state index contributed by atoms with van der Waals surface area (Å²) < 4.78 is 52.2. The predicted octanol–water partition coefficient (Wildman–Crippen LogP) is 4.99. The number of benzene rings is 2. The molecule has 0 unspecified atom stereocenters. The second kappa shape index (κ2) is 12.9. The number of hydrogen-bond acceptors (Lipinski definition) is 7. The summed E-state index contributed by atoms with van der Waals surface area (Å²) >= 11 is 0. The van der Waals surface area contributed by atoms with Crippen molar-refractivity contribution in [2.75, 3.05) is 18.1 Å². The molecule has 0 amide bonds. The number of ether oxygens (including phenoxy) is 2. The van der Waals surface area contributed by atoms with Crippen molar-refractivity contribution >= 4 is 33.8 Å². The second-order valence-corrected chi connectivity index (χ2v) is 13.2. The lowest BCUT2D eigenvalue weighted by molar-refractivity contribution is -0.150. The Hall–Kier alpha value is -3.96. The maximum Gasteiger partial charge on any atom is 0.324 e. The van der Waals surface area contributed by atoms with Crippen LogP contribution in [-0.4, -0.2) is 38.4 Å². The minimum Gasteiger partial charge on any atom is -0.496 e. The highest BCUT2D eigenvalue weighted by atomic mass is 32.2. The first kappa shape index (κ1) is 32.6. The van der Waals surface area contributed by atoms with Crippen LogP contribution in [0.15, 0.2) is 53.5 Å². The number of sulfonamides is 1. The highest BCUT2D eigenvalue weighted by molar-refractivity contribution is 7.92. The molecule has 11 heteroatoms. The molecular weight excluding hydrogens is 561 g/mol. The van der Waals surface area contributed by atoms with Crippen LogP contribution in [0.2, 0.25) is 0 Å². The van der Waals surface area contributed by atoms with E-state index in [9.17, 15) is 22.4 Å². The van der Waals surface area contributed by atoms with E-state index in [1.54, 1.807) is 57.4 Å². The van der Waals surface area contributed by atoms with Gasteiger partial charge in [-0.15, -0.1) is 0 Å². The Morgan fingerprint density at radius 2 is 1.76 bits per heavy atom. The van der Waals surface area contributed by atoms with Gasteiger partial charge in [0.25, 0.3) is 5.56 Å². The lowest BCUT2D eigenvalue weighted by Crippen LogP contribution is -2.38. The van der Waals surface area contributed by atoms with E-state index in [0.29, 0.717) is 22.6 Å². The van der Waals surface area contributed by atoms with Crippen LogP contribution >= 0.6 is 0 Å². The summed E-state index contributed by atoms with van der Waals surface area (Å²) in [5.74, 6) is -0.941. The number of aromatic nitrogens is 1. The summed E-state index contributed by atoms with van der Waals surface area (Å²) in [6, 6.07) is 10.6. The zero-order chi connectivity index (χ0) is 31.4. The Morgan fingerprint density at radius 1 is 1.12 bits per heavy atom. The molecule has 42 heavy (non-hydrogen) atoms. The van der Waals surface area contributed by atoms with Gasteiger partial charge in [-0.3, -0.25) is 18.9 Å². The van der Waals surface area contributed by atoms with Crippen molar-refractivity contribution in [2.24, 2.45) is 11.7 Å². The molecule has 226 valence electrons. The van der Waals surface area contributed by atoms with E-state index >= 15 is 0 Å². The van der Waals surface area contributed by atoms with Crippen LogP contribution in [0.3, 0.4) is 0 Å². The molecule has 0 aliphatic rings. The zero-order valence-electron chi connectivity index (χ0n) is 24.9. The lowest BCUT2D eigenvalue weighted by atomic mass is 9.83. The van der Waals surface area contributed by atoms with Gasteiger partial charge in [-0.25, -0.2) is 12.8 Å². The van der Waals surface area contributed by atoms with Gasteiger partial charge in [-0.1, -0.05) is 58.9 Å². The standard InChI is InChI=1S/C31H38FN3O6S/c1-19(2)27(33)30(37)41-18-35-17-23(32)16-25(29(35)36)22-14-21(28(40-6)26(15-22)31(3,4)5)11-8-20-9-12-24(13-10-20)34-42(7,38)39/h8-17,19,27,34H,18,33H2,1-7H3/b11-8+/t27-/m0/s1. The first-order chi connectivity index (χ1) is 19.5. The van der Waals surface area contributed by atoms with Gasteiger partial charge in [0.1, 0.15) is 17.6 Å². The Balaban J connectivity index is 2.08.